The van der Waals surface area contributed by atoms with Crippen LogP contribution in [0.1, 0.15) is 56.4 Å². The summed E-state index contributed by atoms with van der Waals surface area (Å²) in [7, 11) is 0. The van der Waals surface area contributed by atoms with Crippen molar-refractivity contribution in [3.63, 3.8) is 0 Å². The average Bonchev–Trinajstić information content (AvgIpc) is 3.16. The van der Waals surface area contributed by atoms with Crippen molar-refractivity contribution in [3.05, 3.63) is 41.4 Å². The van der Waals surface area contributed by atoms with Gasteiger partial charge in [0.25, 0.3) is 0 Å². The number of nitrogens with zero attached hydrogens (tertiary/aromatic N) is 4. The van der Waals surface area contributed by atoms with Gasteiger partial charge in [0.15, 0.2) is 5.78 Å². The number of anilines is 1. The third kappa shape index (κ3) is 4.98. The number of ketones is 1. The highest BCUT2D eigenvalue weighted by molar-refractivity contribution is 5.97. The molecule has 2 aromatic rings. The zero-order valence-electron chi connectivity index (χ0n) is 17.7. The van der Waals surface area contributed by atoms with E-state index in [0.29, 0.717) is 5.56 Å². The van der Waals surface area contributed by atoms with Gasteiger partial charge in [-0.25, -0.2) is 4.98 Å². The molecule has 0 bridgehead atoms. The number of hydrogen-bond donors (Lipinski definition) is 0. The van der Waals surface area contributed by atoms with E-state index in [2.05, 4.69) is 46.8 Å². The Bertz CT molecular complexity index is 782. The van der Waals surface area contributed by atoms with Gasteiger partial charge in [0, 0.05) is 68.3 Å². The molecule has 1 aliphatic heterocycles. The van der Waals surface area contributed by atoms with Crippen LogP contribution >= 0.6 is 0 Å². The molecule has 28 heavy (non-hydrogen) atoms. The van der Waals surface area contributed by atoms with Gasteiger partial charge in [-0.15, -0.1) is 0 Å². The Kier molecular flexibility index (Phi) is 6.18. The first-order valence-electron chi connectivity index (χ1n) is 10.2. The second-order valence-corrected chi connectivity index (χ2v) is 8.94. The van der Waals surface area contributed by atoms with Crippen molar-refractivity contribution in [2.45, 2.75) is 46.5 Å². The van der Waals surface area contributed by atoms with Crippen LogP contribution in [0.5, 0.6) is 0 Å². The maximum Gasteiger partial charge on any atom is 0.166 e. The summed E-state index contributed by atoms with van der Waals surface area (Å²) >= 11 is 0. The van der Waals surface area contributed by atoms with Crippen LogP contribution in [-0.4, -0.2) is 53.5 Å². The Morgan fingerprint density at radius 3 is 2.43 bits per heavy atom. The topological polar surface area (TPSA) is 62.5 Å². The Morgan fingerprint density at radius 1 is 1.18 bits per heavy atom. The molecule has 6 nitrogen and oxygen atoms in total. The van der Waals surface area contributed by atoms with Gasteiger partial charge in [-0.2, -0.15) is 0 Å². The van der Waals surface area contributed by atoms with E-state index in [1.807, 2.05) is 26.0 Å². The molecule has 3 heterocycles. The van der Waals surface area contributed by atoms with Crippen molar-refractivity contribution in [1.29, 1.82) is 0 Å². The molecule has 0 atom stereocenters. The molecular weight excluding hydrogens is 352 g/mol. The summed E-state index contributed by atoms with van der Waals surface area (Å²) in [6.07, 6.45) is 2.62. The second-order valence-electron chi connectivity index (χ2n) is 8.94. The van der Waals surface area contributed by atoms with E-state index in [1.54, 1.807) is 6.20 Å². The molecule has 0 amide bonds. The number of hydrogen-bond acceptors (Lipinski definition) is 6. The molecule has 0 radical (unpaired) electrons. The minimum Gasteiger partial charge on any atom is -0.361 e. The Labute approximate surface area is 167 Å². The third-order valence-electron chi connectivity index (χ3n) is 5.24. The van der Waals surface area contributed by atoms with Crippen LogP contribution in [-0.2, 0) is 11.8 Å². The first-order chi connectivity index (χ1) is 13.2. The van der Waals surface area contributed by atoms with Crippen LogP contribution in [0.25, 0.3) is 0 Å². The molecule has 1 aliphatic rings. The molecule has 0 N–H and O–H groups in total. The number of Topliss-reactive ketones (excluding diaryl/α,β-unsaturated/α-hetero) is 1. The Morgan fingerprint density at radius 2 is 1.89 bits per heavy atom. The summed E-state index contributed by atoms with van der Waals surface area (Å²) in [6.45, 7) is 15.1. The number of rotatable bonds is 6. The van der Waals surface area contributed by atoms with Gasteiger partial charge in [-0.1, -0.05) is 39.8 Å². The highest BCUT2D eigenvalue weighted by atomic mass is 16.5. The van der Waals surface area contributed by atoms with Crippen molar-refractivity contribution < 1.29 is 9.32 Å². The van der Waals surface area contributed by atoms with Crippen molar-refractivity contribution in [3.8, 4) is 0 Å². The molecule has 0 aromatic carbocycles. The number of carbonyl (C=O) groups excluding carboxylic acids is 1. The lowest BCUT2D eigenvalue weighted by molar-refractivity contribution is 0.0939. The van der Waals surface area contributed by atoms with Gasteiger partial charge in [0.2, 0.25) is 0 Å². The zero-order chi connectivity index (χ0) is 20.3. The lowest BCUT2D eigenvalue weighted by Gasteiger charge is -2.35. The fourth-order valence-electron chi connectivity index (χ4n) is 3.31. The maximum atomic E-state index is 12.0. The highest BCUT2D eigenvalue weighted by Crippen LogP contribution is 2.23. The van der Waals surface area contributed by atoms with Crippen LogP contribution in [0.4, 0.5) is 5.82 Å². The van der Waals surface area contributed by atoms with E-state index in [4.69, 9.17) is 4.52 Å². The molecule has 0 aliphatic carbocycles. The molecule has 6 heteroatoms. The van der Waals surface area contributed by atoms with E-state index >= 15 is 0 Å². The van der Waals surface area contributed by atoms with Crippen molar-refractivity contribution in [1.82, 2.24) is 15.0 Å². The lowest BCUT2D eigenvalue weighted by Crippen LogP contribution is -2.47. The molecule has 0 spiro atoms. The predicted molar refractivity (Wildman–Crippen MR) is 111 cm³/mol. The van der Waals surface area contributed by atoms with Crippen LogP contribution < -0.4 is 4.90 Å². The molecular formula is C22H32N4O2. The molecule has 3 rings (SSSR count). The van der Waals surface area contributed by atoms with Gasteiger partial charge < -0.3 is 9.42 Å². The van der Waals surface area contributed by atoms with Crippen LogP contribution in [0.2, 0.25) is 0 Å². The summed E-state index contributed by atoms with van der Waals surface area (Å²) in [4.78, 5) is 21.3. The highest BCUT2D eigenvalue weighted by Gasteiger charge is 2.21. The van der Waals surface area contributed by atoms with Crippen molar-refractivity contribution in [2.24, 2.45) is 5.92 Å². The Hall–Kier alpha value is -2.21. The summed E-state index contributed by atoms with van der Waals surface area (Å²) in [6, 6.07) is 5.95. The largest absolute Gasteiger partial charge is 0.361 e. The zero-order valence-corrected chi connectivity index (χ0v) is 17.7. The molecule has 2 aromatic heterocycles. The minimum atomic E-state index is -0.000787. The number of piperazine rings is 1. The maximum absolute atomic E-state index is 12.0. The van der Waals surface area contributed by atoms with Gasteiger partial charge in [0.1, 0.15) is 11.6 Å². The monoisotopic (exact) mass is 384 g/mol. The van der Waals surface area contributed by atoms with Crippen LogP contribution in [0.15, 0.2) is 28.9 Å². The Balaban J connectivity index is 1.48. The third-order valence-corrected chi connectivity index (χ3v) is 5.24. The van der Waals surface area contributed by atoms with Gasteiger partial charge >= 0.3 is 0 Å². The smallest absolute Gasteiger partial charge is 0.166 e. The minimum absolute atomic E-state index is 0.000360. The lowest BCUT2D eigenvalue weighted by atomic mass is 9.93. The number of carbonyl (C=O) groups is 1. The molecule has 152 valence electrons. The van der Waals surface area contributed by atoms with Gasteiger partial charge in [0.05, 0.1) is 5.69 Å². The molecule has 1 fully saturated rings. The van der Waals surface area contributed by atoms with E-state index in [0.717, 1.165) is 56.4 Å². The fraction of sp³-hybridized carbons (Fsp3) is 0.591. The van der Waals surface area contributed by atoms with E-state index < -0.39 is 0 Å². The molecule has 1 saturated heterocycles. The quantitative estimate of drug-likeness (QED) is 0.710. The predicted octanol–water partition coefficient (Wildman–Crippen LogP) is 3.57. The standard InChI is InChI=1S/C22H32N4O2/c1-16(2)21(27)17-6-7-20(23-15-17)26-12-10-25(11-13-26)9-8-18-14-19(28-24-18)22(3,4)5/h6-7,14-16H,8-13H2,1-5H3. The SMILES string of the molecule is CC(C)C(=O)c1ccc(N2CCN(CCc3cc(C(C)(C)C)on3)CC2)nc1. The summed E-state index contributed by atoms with van der Waals surface area (Å²) in [5.74, 6) is 2.04. The van der Waals surface area contributed by atoms with Crippen LogP contribution in [0, 0.1) is 5.92 Å². The fourth-order valence-corrected chi connectivity index (χ4v) is 3.31. The van der Waals surface area contributed by atoms with E-state index in [-0.39, 0.29) is 17.1 Å². The van der Waals surface area contributed by atoms with Gasteiger partial charge in [-0.05, 0) is 12.1 Å². The average molecular weight is 385 g/mol. The van der Waals surface area contributed by atoms with E-state index in [9.17, 15) is 4.79 Å². The summed E-state index contributed by atoms with van der Waals surface area (Å²) in [5, 5.41) is 4.21. The number of pyridine rings is 1. The normalized spacial score (nSPS) is 16.0. The summed E-state index contributed by atoms with van der Waals surface area (Å²) in [5.41, 5.74) is 1.72. The second kappa shape index (κ2) is 8.43. The van der Waals surface area contributed by atoms with E-state index in [1.165, 1.54) is 0 Å². The summed E-state index contributed by atoms with van der Waals surface area (Å²) < 4.78 is 5.48. The van der Waals surface area contributed by atoms with Crippen LogP contribution in [0.3, 0.4) is 0 Å². The van der Waals surface area contributed by atoms with Gasteiger partial charge in [-0.3, -0.25) is 9.69 Å². The van der Waals surface area contributed by atoms with Crippen molar-refractivity contribution >= 4 is 11.6 Å². The molecule has 0 saturated carbocycles. The number of aromatic nitrogens is 2. The first-order valence-corrected chi connectivity index (χ1v) is 10.2. The first kappa shape index (κ1) is 20.5. The van der Waals surface area contributed by atoms with Crippen molar-refractivity contribution in [2.75, 3.05) is 37.6 Å². The molecule has 0 unspecified atom stereocenters.